The predicted octanol–water partition coefficient (Wildman–Crippen LogP) is 1.57. The highest BCUT2D eigenvalue weighted by atomic mass is 16.5. The lowest BCUT2D eigenvalue weighted by atomic mass is 9.86. The van der Waals surface area contributed by atoms with E-state index < -0.39 is 0 Å². The van der Waals surface area contributed by atoms with Crippen LogP contribution >= 0.6 is 0 Å². The van der Waals surface area contributed by atoms with Gasteiger partial charge in [-0.15, -0.1) is 0 Å². The third kappa shape index (κ3) is 3.38. The minimum Gasteiger partial charge on any atom is -0.482 e. The maximum atomic E-state index is 12.5. The first-order chi connectivity index (χ1) is 11.4. The molecule has 0 saturated carbocycles. The molecule has 0 aromatic heterocycles. The molecule has 24 heavy (non-hydrogen) atoms. The highest BCUT2D eigenvalue weighted by Crippen LogP contribution is 2.36. The number of amides is 2. The molecule has 2 heterocycles. The van der Waals surface area contributed by atoms with Gasteiger partial charge in [-0.2, -0.15) is 0 Å². The number of rotatable bonds is 2. The monoisotopic (exact) mass is 332 g/mol. The van der Waals surface area contributed by atoms with Crippen LogP contribution < -0.4 is 9.64 Å². The van der Waals surface area contributed by atoms with Crippen LogP contribution in [0.3, 0.4) is 0 Å². The van der Waals surface area contributed by atoms with Gasteiger partial charge in [-0.05, 0) is 23.1 Å². The average Bonchev–Trinajstić information content (AvgIpc) is 2.57. The van der Waals surface area contributed by atoms with Crippen LogP contribution in [-0.4, -0.2) is 56.2 Å². The molecular formula is C18H24N2O4. The number of morpholine rings is 1. The Kier molecular flexibility index (Phi) is 4.49. The quantitative estimate of drug-likeness (QED) is 0.825. The highest BCUT2D eigenvalue weighted by Gasteiger charge is 2.30. The fourth-order valence-electron chi connectivity index (χ4n) is 2.89. The van der Waals surface area contributed by atoms with Crippen LogP contribution in [0, 0.1) is 0 Å². The highest BCUT2D eigenvalue weighted by molar-refractivity contribution is 6.02. The largest absolute Gasteiger partial charge is 0.482 e. The van der Waals surface area contributed by atoms with Crippen molar-refractivity contribution >= 4 is 17.5 Å². The normalized spacial score (nSPS) is 18.2. The van der Waals surface area contributed by atoms with E-state index in [0.717, 1.165) is 5.56 Å². The summed E-state index contributed by atoms with van der Waals surface area (Å²) in [6.45, 7) is 8.61. The molecular weight excluding hydrogens is 308 g/mol. The number of carbonyl (C=O) groups excluding carboxylic acids is 2. The third-order valence-electron chi connectivity index (χ3n) is 4.43. The van der Waals surface area contributed by atoms with Gasteiger partial charge in [0.1, 0.15) is 12.3 Å². The zero-order valence-electron chi connectivity index (χ0n) is 14.5. The molecule has 1 aromatic carbocycles. The molecule has 1 fully saturated rings. The lowest BCUT2D eigenvalue weighted by molar-refractivity contribution is -0.135. The van der Waals surface area contributed by atoms with Gasteiger partial charge in [-0.3, -0.25) is 14.5 Å². The number of hydrogen-bond acceptors (Lipinski definition) is 4. The maximum absolute atomic E-state index is 12.5. The summed E-state index contributed by atoms with van der Waals surface area (Å²) in [5, 5.41) is 0. The number of hydrogen-bond donors (Lipinski definition) is 0. The van der Waals surface area contributed by atoms with Crippen molar-refractivity contribution in [3.05, 3.63) is 23.8 Å². The Hall–Kier alpha value is -2.08. The number of benzene rings is 1. The van der Waals surface area contributed by atoms with Gasteiger partial charge >= 0.3 is 0 Å². The van der Waals surface area contributed by atoms with Crippen molar-refractivity contribution in [2.24, 2.45) is 0 Å². The van der Waals surface area contributed by atoms with Crippen molar-refractivity contribution < 1.29 is 19.1 Å². The Morgan fingerprint density at radius 2 is 1.92 bits per heavy atom. The zero-order chi connectivity index (χ0) is 17.3. The van der Waals surface area contributed by atoms with E-state index in [1.54, 1.807) is 9.80 Å². The van der Waals surface area contributed by atoms with Crippen LogP contribution in [0.15, 0.2) is 18.2 Å². The molecule has 1 saturated heterocycles. The number of carbonyl (C=O) groups is 2. The predicted molar refractivity (Wildman–Crippen MR) is 90.4 cm³/mol. The molecule has 6 heteroatoms. The number of anilines is 1. The molecule has 1 aromatic rings. The van der Waals surface area contributed by atoms with Crippen LogP contribution in [0.4, 0.5) is 5.69 Å². The minimum absolute atomic E-state index is 0.0295. The van der Waals surface area contributed by atoms with Crippen LogP contribution in [0.25, 0.3) is 0 Å². The Balaban J connectivity index is 1.85. The van der Waals surface area contributed by atoms with Crippen molar-refractivity contribution in [2.75, 3.05) is 44.4 Å². The van der Waals surface area contributed by atoms with Crippen molar-refractivity contribution in [3.8, 4) is 5.75 Å². The Morgan fingerprint density at radius 3 is 2.58 bits per heavy atom. The second-order valence-electron chi connectivity index (χ2n) is 7.19. The zero-order valence-corrected chi connectivity index (χ0v) is 14.5. The summed E-state index contributed by atoms with van der Waals surface area (Å²) < 4.78 is 10.8. The molecule has 3 rings (SSSR count). The molecule has 0 unspecified atom stereocenters. The second-order valence-corrected chi connectivity index (χ2v) is 7.19. The van der Waals surface area contributed by atoms with Gasteiger partial charge in [0.2, 0.25) is 5.91 Å². The van der Waals surface area contributed by atoms with E-state index in [9.17, 15) is 9.59 Å². The first-order valence-electron chi connectivity index (χ1n) is 8.29. The Morgan fingerprint density at radius 1 is 1.21 bits per heavy atom. The standard InChI is InChI=1S/C18H24N2O4/c1-18(2,3)13-4-5-15-14(10-13)20(17(22)12-24-15)11-16(21)19-6-8-23-9-7-19/h4-5,10H,6-9,11-12H2,1-3H3. The van der Waals surface area contributed by atoms with E-state index in [1.807, 2.05) is 18.2 Å². The summed E-state index contributed by atoms with van der Waals surface area (Å²) in [5.74, 6) is 0.410. The van der Waals surface area contributed by atoms with E-state index in [4.69, 9.17) is 9.47 Å². The molecule has 2 aliphatic heterocycles. The van der Waals surface area contributed by atoms with Gasteiger partial charge in [0.15, 0.2) is 6.61 Å². The summed E-state index contributed by atoms with van der Waals surface area (Å²) in [7, 11) is 0. The Bertz CT molecular complexity index is 645. The smallest absolute Gasteiger partial charge is 0.265 e. The minimum atomic E-state index is -0.185. The molecule has 2 amide bonds. The van der Waals surface area contributed by atoms with Gasteiger partial charge in [0, 0.05) is 13.1 Å². The summed E-state index contributed by atoms with van der Waals surface area (Å²) in [6.07, 6.45) is 0. The van der Waals surface area contributed by atoms with Gasteiger partial charge in [-0.1, -0.05) is 26.8 Å². The summed E-state index contributed by atoms with van der Waals surface area (Å²) in [6, 6.07) is 5.85. The van der Waals surface area contributed by atoms with Crippen LogP contribution in [0.5, 0.6) is 5.75 Å². The van der Waals surface area contributed by atoms with Crippen LogP contribution in [0.2, 0.25) is 0 Å². The topological polar surface area (TPSA) is 59.1 Å². The van der Waals surface area contributed by atoms with E-state index in [2.05, 4.69) is 20.8 Å². The molecule has 130 valence electrons. The molecule has 0 bridgehead atoms. The van der Waals surface area contributed by atoms with E-state index >= 15 is 0 Å². The first kappa shape index (κ1) is 16.8. The fraction of sp³-hybridized carbons (Fsp3) is 0.556. The molecule has 0 N–H and O–H groups in total. The number of nitrogens with zero attached hydrogens (tertiary/aromatic N) is 2. The maximum Gasteiger partial charge on any atom is 0.265 e. The van der Waals surface area contributed by atoms with Crippen molar-refractivity contribution in [1.82, 2.24) is 4.90 Å². The van der Waals surface area contributed by atoms with Gasteiger partial charge in [-0.25, -0.2) is 0 Å². The van der Waals surface area contributed by atoms with Crippen LogP contribution in [0.1, 0.15) is 26.3 Å². The summed E-state index contributed by atoms with van der Waals surface area (Å²) in [4.78, 5) is 28.2. The van der Waals surface area contributed by atoms with Crippen LogP contribution in [-0.2, 0) is 19.7 Å². The number of ether oxygens (including phenoxy) is 2. The molecule has 6 nitrogen and oxygen atoms in total. The summed E-state index contributed by atoms with van der Waals surface area (Å²) in [5.41, 5.74) is 1.73. The van der Waals surface area contributed by atoms with Gasteiger partial charge < -0.3 is 14.4 Å². The Labute approximate surface area is 142 Å². The van der Waals surface area contributed by atoms with Gasteiger partial charge in [0.25, 0.3) is 5.91 Å². The lowest BCUT2D eigenvalue weighted by Crippen LogP contribution is -2.49. The average molecular weight is 332 g/mol. The second kappa shape index (κ2) is 6.43. The third-order valence-corrected chi connectivity index (χ3v) is 4.43. The van der Waals surface area contributed by atoms with Crippen molar-refractivity contribution in [1.29, 1.82) is 0 Å². The van der Waals surface area contributed by atoms with Crippen molar-refractivity contribution in [3.63, 3.8) is 0 Å². The molecule has 0 aliphatic carbocycles. The molecule has 0 atom stereocenters. The molecule has 0 radical (unpaired) electrons. The first-order valence-corrected chi connectivity index (χ1v) is 8.29. The van der Waals surface area contributed by atoms with Crippen molar-refractivity contribution in [2.45, 2.75) is 26.2 Å². The fourth-order valence-corrected chi connectivity index (χ4v) is 2.89. The SMILES string of the molecule is CC(C)(C)c1ccc2c(c1)N(CC(=O)N1CCOCC1)C(=O)CO2. The van der Waals surface area contributed by atoms with Gasteiger partial charge in [0.05, 0.1) is 18.9 Å². The number of fused-ring (bicyclic) bond motifs is 1. The lowest BCUT2D eigenvalue weighted by Gasteiger charge is -2.33. The molecule has 0 spiro atoms. The van der Waals surface area contributed by atoms with E-state index in [0.29, 0.717) is 37.7 Å². The van der Waals surface area contributed by atoms with E-state index in [1.165, 1.54) is 0 Å². The van der Waals surface area contributed by atoms with E-state index in [-0.39, 0.29) is 30.4 Å². The molecule has 2 aliphatic rings. The summed E-state index contributed by atoms with van der Waals surface area (Å²) >= 11 is 0.